The normalized spacial score (nSPS) is 15.2. The lowest BCUT2D eigenvalue weighted by molar-refractivity contribution is 0.517. The summed E-state index contributed by atoms with van der Waals surface area (Å²) in [5, 5.41) is 0. The van der Waals surface area contributed by atoms with Gasteiger partial charge in [0.1, 0.15) is 0 Å². The highest BCUT2D eigenvalue weighted by molar-refractivity contribution is 5.89. The zero-order chi connectivity index (χ0) is 40.2. The van der Waals surface area contributed by atoms with Crippen LogP contribution in [0.15, 0.2) is 164 Å². The molecule has 2 heterocycles. The zero-order valence-corrected chi connectivity index (χ0v) is 35.1. The molecule has 0 radical (unpaired) electrons. The number of allylic oxidation sites excluding steroid dienone is 4. The van der Waals surface area contributed by atoms with Gasteiger partial charge in [-0.05, 0) is 135 Å². The molecule has 284 valence electrons. The van der Waals surface area contributed by atoms with Crippen molar-refractivity contribution in [2.45, 2.75) is 98.1 Å². The van der Waals surface area contributed by atoms with E-state index >= 15 is 0 Å². The van der Waals surface area contributed by atoms with E-state index < -0.39 is 5.54 Å². The number of para-hydroxylation sites is 4. The van der Waals surface area contributed by atoms with Crippen molar-refractivity contribution in [3.05, 3.63) is 181 Å². The Hall–Kier alpha value is -5.48. The second-order valence-corrected chi connectivity index (χ2v) is 18.2. The quantitative estimate of drug-likeness (QED) is 0.179. The molecule has 55 heavy (non-hydrogen) atoms. The SMILES string of the molecule is C=CC1=C(C=C)N(C(C)(C)C)c2ccccc2N1c1ccc(C(C)(C)N2C(C=C)=C(C=C)N(c3cc(C(C)(C)C)cc(C(C)(C)C)c3)c3ccccc32)cc1. The number of benzene rings is 4. The summed E-state index contributed by atoms with van der Waals surface area (Å²) in [5.41, 5.74) is 13.7. The third-order valence-electron chi connectivity index (χ3n) is 11.0. The van der Waals surface area contributed by atoms with Crippen molar-refractivity contribution >= 4 is 34.1 Å². The predicted octanol–water partition coefficient (Wildman–Crippen LogP) is 14.1. The van der Waals surface area contributed by atoms with Crippen LogP contribution in [0.5, 0.6) is 0 Å². The van der Waals surface area contributed by atoms with Gasteiger partial charge >= 0.3 is 0 Å². The molecule has 0 fully saturated rings. The topological polar surface area (TPSA) is 13.0 Å². The molecule has 4 aromatic carbocycles. The Morgan fingerprint density at radius 3 is 1.18 bits per heavy atom. The Morgan fingerprint density at radius 2 is 0.782 bits per heavy atom. The molecule has 0 aromatic heterocycles. The minimum atomic E-state index is -0.478. The predicted molar refractivity (Wildman–Crippen MR) is 240 cm³/mol. The first-order valence-electron chi connectivity index (χ1n) is 19.4. The first-order valence-corrected chi connectivity index (χ1v) is 19.4. The van der Waals surface area contributed by atoms with E-state index in [-0.39, 0.29) is 16.4 Å². The first-order chi connectivity index (χ1) is 25.8. The van der Waals surface area contributed by atoms with Gasteiger partial charge < -0.3 is 19.6 Å². The molecule has 0 atom stereocenters. The molecule has 2 aliphatic heterocycles. The van der Waals surface area contributed by atoms with Gasteiger partial charge in [0.2, 0.25) is 0 Å². The van der Waals surface area contributed by atoms with E-state index in [2.05, 4.69) is 213 Å². The van der Waals surface area contributed by atoms with E-state index in [1.54, 1.807) is 0 Å². The summed E-state index contributed by atoms with van der Waals surface area (Å²) in [4.78, 5) is 9.46. The van der Waals surface area contributed by atoms with Crippen molar-refractivity contribution in [3.63, 3.8) is 0 Å². The van der Waals surface area contributed by atoms with Crippen LogP contribution in [-0.2, 0) is 16.4 Å². The molecule has 0 unspecified atom stereocenters. The molecule has 0 N–H and O–H groups in total. The van der Waals surface area contributed by atoms with E-state index in [1.165, 1.54) is 16.7 Å². The molecule has 4 aromatic rings. The van der Waals surface area contributed by atoms with Crippen molar-refractivity contribution in [3.8, 4) is 0 Å². The number of nitrogens with zero attached hydrogens (tertiary/aromatic N) is 4. The average molecular weight is 729 g/mol. The van der Waals surface area contributed by atoms with Gasteiger partial charge in [0.15, 0.2) is 0 Å². The Balaban J connectivity index is 1.50. The maximum atomic E-state index is 4.40. The summed E-state index contributed by atoms with van der Waals surface area (Å²) in [6.07, 6.45) is 7.86. The number of rotatable bonds is 8. The van der Waals surface area contributed by atoms with Crippen LogP contribution in [0.25, 0.3) is 0 Å². The minimum absolute atomic E-state index is 0.0252. The molecule has 0 spiro atoms. The molecule has 6 rings (SSSR count). The maximum absolute atomic E-state index is 4.40. The Bertz CT molecular complexity index is 2190. The summed E-state index contributed by atoms with van der Waals surface area (Å²) in [5.74, 6) is 0. The highest BCUT2D eigenvalue weighted by Crippen LogP contribution is 2.52. The summed E-state index contributed by atoms with van der Waals surface area (Å²) in [6.45, 7) is 42.3. The van der Waals surface area contributed by atoms with Gasteiger partial charge in [-0.3, -0.25) is 0 Å². The van der Waals surface area contributed by atoms with Gasteiger partial charge in [-0.1, -0.05) is 110 Å². The third kappa shape index (κ3) is 6.77. The molecule has 0 saturated carbocycles. The van der Waals surface area contributed by atoms with Crippen molar-refractivity contribution in [2.24, 2.45) is 0 Å². The van der Waals surface area contributed by atoms with Crippen LogP contribution >= 0.6 is 0 Å². The largest absolute Gasteiger partial charge is 0.333 e. The van der Waals surface area contributed by atoms with Crippen LogP contribution < -0.4 is 19.6 Å². The highest BCUT2D eigenvalue weighted by atomic mass is 15.3. The van der Waals surface area contributed by atoms with Gasteiger partial charge in [0.05, 0.1) is 51.1 Å². The third-order valence-corrected chi connectivity index (χ3v) is 11.0. The second-order valence-electron chi connectivity index (χ2n) is 18.2. The highest BCUT2D eigenvalue weighted by Gasteiger charge is 2.40. The van der Waals surface area contributed by atoms with Crippen molar-refractivity contribution in [1.82, 2.24) is 0 Å². The molecule has 0 bridgehead atoms. The molecular formula is C51H60N4. The summed E-state index contributed by atoms with van der Waals surface area (Å²) >= 11 is 0. The summed E-state index contributed by atoms with van der Waals surface area (Å²) in [7, 11) is 0. The van der Waals surface area contributed by atoms with Crippen LogP contribution in [0.3, 0.4) is 0 Å². The average Bonchev–Trinajstić information content (AvgIpc) is 3.14. The first kappa shape index (κ1) is 39.2. The van der Waals surface area contributed by atoms with E-state index in [9.17, 15) is 0 Å². The standard InChI is InChI=1S/C51H60N4/c1-16-40-42(18-3)54(50(11,12)13)46-26-22-20-24-44(46)52(40)38-30-28-35(29-31-38)51(14,15)55-43(19-4)41(17-2)53(45-25-21-23-27-47(45)55)39-33-36(48(5,6)7)32-37(34-39)49(8,9)10/h16-34H,1-4H2,5-15H3. The summed E-state index contributed by atoms with van der Waals surface area (Å²) < 4.78 is 0. The van der Waals surface area contributed by atoms with E-state index in [0.717, 1.165) is 56.9 Å². The Kier molecular flexibility index (Phi) is 9.97. The monoisotopic (exact) mass is 728 g/mol. The fourth-order valence-electron chi connectivity index (χ4n) is 8.08. The molecule has 0 amide bonds. The Morgan fingerprint density at radius 1 is 0.400 bits per heavy atom. The van der Waals surface area contributed by atoms with Gasteiger partial charge in [-0.15, -0.1) is 0 Å². The van der Waals surface area contributed by atoms with Crippen LogP contribution in [0.1, 0.15) is 92.9 Å². The number of anilines is 6. The molecular weight excluding hydrogens is 669 g/mol. The van der Waals surface area contributed by atoms with Gasteiger partial charge in [-0.25, -0.2) is 0 Å². The molecule has 2 aliphatic rings. The minimum Gasteiger partial charge on any atom is -0.333 e. The lowest BCUT2D eigenvalue weighted by Gasteiger charge is -2.48. The molecule has 4 heteroatoms. The lowest BCUT2D eigenvalue weighted by atomic mass is 9.80. The number of hydrogen-bond acceptors (Lipinski definition) is 4. The van der Waals surface area contributed by atoms with Crippen LogP contribution in [-0.4, -0.2) is 5.54 Å². The van der Waals surface area contributed by atoms with Crippen molar-refractivity contribution < 1.29 is 0 Å². The van der Waals surface area contributed by atoms with E-state index in [0.29, 0.717) is 0 Å². The fourth-order valence-corrected chi connectivity index (χ4v) is 8.08. The molecule has 0 saturated heterocycles. The van der Waals surface area contributed by atoms with Gasteiger partial charge in [0.25, 0.3) is 0 Å². The van der Waals surface area contributed by atoms with E-state index in [1.807, 2.05) is 24.3 Å². The van der Waals surface area contributed by atoms with Crippen molar-refractivity contribution in [1.29, 1.82) is 0 Å². The number of fused-ring (bicyclic) bond motifs is 2. The maximum Gasteiger partial charge on any atom is 0.0700 e. The smallest absolute Gasteiger partial charge is 0.0700 e. The molecule has 0 aliphatic carbocycles. The lowest BCUT2D eigenvalue weighted by Crippen LogP contribution is -2.45. The van der Waals surface area contributed by atoms with Gasteiger partial charge in [0, 0.05) is 16.9 Å². The molecule has 4 nitrogen and oxygen atoms in total. The fraction of sp³-hybridized carbons (Fsp3) is 0.294. The summed E-state index contributed by atoms with van der Waals surface area (Å²) in [6, 6.07) is 33.3. The van der Waals surface area contributed by atoms with Gasteiger partial charge in [-0.2, -0.15) is 0 Å². The zero-order valence-electron chi connectivity index (χ0n) is 35.1. The van der Waals surface area contributed by atoms with Crippen LogP contribution in [0, 0.1) is 0 Å². The second kappa shape index (κ2) is 14.0. The number of hydrogen-bond donors (Lipinski definition) is 0. The Labute approximate surface area is 331 Å². The van der Waals surface area contributed by atoms with Crippen molar-refractivity contribution in [2.75, 3.05) is 19.6 Å². The van der Waals surface area contributed by atoms with Crippen LogP contribution in [0.4, 0.5) is 34.1 Å². The van der Waals surface area contributed by atoms with Crippen LogP contribution in [0.2, 0.25) is 0 Å². The van der Waals surface area contributed by atoms with E-state index in [4.69, 9.17) is 0 Å².